The molecule has 1 heterocycles. The van der Waals surface area contributed by atoms with E-state index in [-0.39, 0.29) is 12.0 Å². The molecular weight excluding hydrogens is 248 g/mol. The summed E-state index contributed by atoms with van der Waals surface area (Å²) in [6, 6.07) is 0. The lowest BCUT2D eigenvalue weighted by Gasteiger charge is -2.04. The van der Waals surface area contributed by atoms with Crippen molar-refractivity contribution < 1.29 is 14.3 Å². The van der Waals surface area contributed by atoms with Gasteiger partial charge in [0.25, 0.3) is 0 Å². The molecule has 0 spiro atoms. The maximum atomic E-state index is 10.6. The third-order valence-electron chi connectivity index (χ3n) is 2.24. The van der Waals surface area contributed by atoms with E-state index in [9.17, 15) is 4.79 Å². The average molecular weight is 270 g/mol. The first-order valence-corrected chi connectivity index (χ1v) is 6.40. The van der Waals surface area contributed by atoms with E-state index in [0.717, 1.165) is 5.69 Å². The van der Waals surface area contributed by atoms with Crippen LogP contribution < -0.4 is 5.32 Å². The number of ether oxygens (including phenoxy) is 2. The van der Waals surface area contributed by atoms with Crippen molar-refractivity contribution in [2.24, 2.45) is 0 Å². The zero-order valence-electron chi connectivity index (χ0n) is 11.8. The van der Waals surface area contributed by atoms with E-state index >= 15 is 0 Å². The molecule has 0 saturated carbocycles. The Balaban J connectivity index is 2.11. The van der Waals surface area contributed by atoms with Gasteiger partial charge in [-0.15, -0.1) is 5.10 Å². The second-order valence-electron chi connectivity index (χ2n) is 4.43. The molecule has 0 bridgehead atoms. The maximum absolute atomic E-state index is 10.6. The Kier molecular flexibility index (Phi) is 7.06. The molecule has 0 atom stereocenters. The number of hydrogen-bond donors (Lipinski definition) is 1. The maximum Gasteiger partial charge on any atom is 0.216 e. The minimum Gasteiger partial charge on any atom is -0.378 e. The van der Waals surface area contributed by atoms with Gasteiger partial charge in [0.15, 0.2) is 0 Å². The largest absolute Gasteiger partial charge is 0.378 e. The van der Waals surface area contributed by atoms with Gasteiger partial charge in [0.1, 0.15) is 5.69 Å². The number of carbonyl (C=O) groups excluding carboxylic acids is 1. The third-order valence-corrected chi connectivity index (χ3v) is 2.24. The summed E-state index contributed by atoms with van der Waals surface area (Å²) in [5.41, 5.74) is 0.812. The topological polar surface area (TPSA) is 78.3 Å². The van der Waals surface area contributed by atoms with Crippen LogP contribution in [0.3, 0.4) is 0 Å². The van der Waals surface area contributed by atoms with Gasteiger partial charge in [0.05, 0.1) is 38.7 Å². The van der Waals surface area contributed by atoms with Gasteiger partial charge in [-0.25, -0.2) is 4.68 Å². The van der Waals surface area contributed by atoms with Crippen molar-refractivity contribution in [1.82, 2.24) is 20.3 Å². The van der Waals surface area contributed by atoms with Crippen LogP contribution in [-0.4, -0.2) is 46.8 Å². The summed E-state index contributed by atoms with van der Waals surface area (Å²) in [7, 11) is 0. The summed E-state index contributed by atoms with van der Waals surface area (Å²) in [6.45, 7) is 8.11. The fraction of sp³-hybridized carbons (Fsp3) is 0.750. The second kappa shape index (κ2) is 8.60. The summed E-state index contributed by atoms with van der Waals surface area (Å²) in [4.78, 5) is 10.6. The lowest BCUT2D eigenvalue weighted by atomic mass is 10.4. The van der Waals surface area contributed by atoms with Crippen molar-refractivity contribution in [2.45, 2.75) is 40.0 Å². The van der Waals surface area contributed by atoms with E-state index < -0.39 is 0 Å². The molecule has 0 fully saturated rings. The van der Waals surface area contributed by atoms with Crippen molar-refractivity contribution >= 4 is 5.91 Å². The van der Waals surface area contributed by atoms with Gasteiger partial charge < -0.3 is 14.8 Å². The number of rotatable bonds is 9. The van der Waals surface area contributed by atoms with E-state index in [1.165, 1.54) is 6.92 Å². The minimum absolute atomic E-state index is 0.0466. The Morgan fingerprint density at radius 3 is 2.95 bits per heavy atom. The lowest BCUT2D eigenvalue weighted by molar-refractivity contribution is -0.119. The average Bonchev–Trinajstić information content (AvgIpc) is 2.78. The van der Waals surface area contributed by atoms with Crippen molar-refractivity contribution in [1.29, 1.82) is 0 Å². The third kappa shape index (κ3) is 7.53. The summed E-state index contributed by atoms with van der Waals surface area (Å²) in [5, 5.41) is 10.6. The van der Waals surface area contributed by atoms with Crippen LogP contribution in [-0.2, 0) is 27.4 Å². The van der Waals surface area contributed by atoms with Crippen LogP contribution >= 0.6 is 0 Å². The summed E-state index contributed by atoms with van der Waals surface area (Å²) < 4.78 is 12.5. The molecule has 0 aliphatic carbocycles. The molecule has 108 valence electrons. The molecule has 0 aliphatic heterocycles. The molecule has 0 unspecified atom stereocenters. The molecule has 1 aromatic heterocycles. The molecule has 1 amide bonds. The Bertz CT molecular complexity index is 379. The first-order valence-electron chi connectivity index (χ1n) is 6.40. The predicted octanol–water partition coefficient (Wildman–Crippen LogP) is 0.356. The Hall–Kier alpha value is -1.47. The van der Waals surface area contributed by atoms with Crippen LogP contribution in [0.2, 0.25) is 0 Å². The van der Waals surface area contributed by atoms with Gasteiger partial charge >= 0.3 is 0 Å². The van der Waals surface area contributed by atoms with E-state index in [1.54, 1.807) is 4.68 Å². The first-order chi connectivity index (χ1) is 9.08. The Morgan fingerprint density at radius 1 is 1.47 bits per heavy atom. The highest BCUT2D eigenvalue weighted by molar-refractivity contribution is 5.72. The Morgan fingerprint density at radius 2 is 2.26 bits per heavy atom. The number of hydrogen-bond acceptors (Lipinski definition) is 5. The van der Waals surface area contributed by atoms with Crippen molar-refractivity contribution in [2.75, 3.05) is 19.8 Å². The van der Waals surface area contributed by atoms with Gasteiger partial charge in [-0.3, -0.25) is 4.79 Å². The molecule has 7 nitrogen and oxygen atoms in total. The quantitative estimate of drug-likeness (QED) is 0.655. The molecule has 1 N–H and O–H groups in total. The van der Waals surface area contributed by atoms with E-state index in [1.807, 2.05) is 20.0 Å². The molecule has 0 aromatic carbocycles. The number of aromatic nitrogens is 3. The number of nitrogens with zero attached hydrogens (tertiary/aromatic N) is 3. The van der Waals surface area contributed by atoms with Crippen LogP contribution in [0.1, 0.15) is 26.5 Å². The van der Waals surface area contributed by atoms with Crippen molar-refractivity contribution in [3.8, 4) is 0 Å². The molecule has 0 saturated heterocycles. The summed E-state index contributed by atoms with van der Waals surface area (Å²) in [6.07, 6.45) is 2.03. The molecular formula is C12H22N4O3. The van der Waals surface area contributed by atoms with E-state index in [2.05, 4.69) is 15.6 Å². The van der Waals surface area contributed by atoms with Crippen molar-refractivity contribution in [3.05, 3.63) is 11.9 Å². The number of nitrogens with one attached hydrogen (secondary N) is 1. The molecule has 1 aromatic rings. The Labute approximate surface area is 113 Å². The predicted molar refractivity (Wildman–Crippen MR) is 69.4 cm³/mol. The SMILES string of the molecule is CC(=O)NCCOCCn1cc(COC(C)C)nn1. The van der Waals surface area contributed by atoms with Crippen LogP contribution in [0, 0.1) is 0 Å². The zero-order valence-corrected chi connectivity index (χ0v) is 11.8. The highest BCUT2D eigenvalue weighted by Gasteiger charge is 2.02. The fourth-order valence-electron chi connectivity index (χ4n) is 1.33. The fourth-order valence-corrected chi connectivity index (χ4v) is 1.33. The molecule has 0 aliphatic rings. The standard InChI is InChI=1S/C12H22N4O3/c1-10(2)19-9-12-8-16(15-14-12)5-7-18-6-4-13-11(3)17/h8,10H,4-7,9H2,1-3H3,(H,13,17). The van der Waals surface area contributed by atoms with E-state index in [4.69, 9.17) is 9.47 Å². The number of carbonyl (C=O) groups is 1. The minimum atomic E-state index is -0.0466. The van der Waals surface area contributed by atoms with Gasteiger partial charge in [-0.05, 0) is 13.8 Å². The molecule has 1 rings (SSSR count). The lowest BCUT2D eigenvalue weighted by Crippen LogP contribution is -2.24. The van der Waals surface area contributed by atoms with Crippen molar-refractivity contribution in [3.63, 3.8) is 0 Å². The summed E-state index contributed by atoms with van der Waals surface area (Å²) in [5.74, 6) is -0.0466. The first kappa shape index (κ1) is 15.6. The monoisotopic (exact) mass is 270 g/mol. The van der Waals surface area contributed by atoms with Crippen LogP contribution in [0.15, 0.2) is 6.20 Å². The normalized spacial score (nSPS) is 10.9. The van der Waals surface area contributed by atoms with Crippen LogP contribution in [0.5, 0.6) is 0 Å². The highest BCUT2D eigenvalue weighted by Crippen LogP contribution is 1.99. The van der Waals surface area contributed by atoms with Gasteiger partial charge in [-0.2, -0.15) is 0 Å². The smallest absolute Gasteiger partial charge is 0.216 e. The zero-order chi connectivity index (χ0) is 14.1. The van der Waals surface area contributed by atoms with Gasteiger partial charge in [0, 0.05) is 13.5 Å². The summed E-state index contributed by atoms with van der Waals surface area (Å²) >= 11 is 0. The molecule has 7 heteroatoms. The highest BCUT2D eigenvalue weighted by atomic mass is 16.5. The van der Waals surface area contributed by atoms with Crippen LogP contribution in [0.4, 0.5) is 0 Å². The van der Waals surface area contributed by atoms with Gasteiger partial charge in [0.2, 0.25) is 5.91 Å². The van der Waals surface area contributed by atoms with E-state index in [0.29, 0.717) is 32.9 Å². The molecule has 19 heavy (non-hydrogen) atoms. The van der Waals surface area contributed by atoms with Gasteiger partial charge in [-0.1, -0.05) is 5.21 Å². The second-order valence-corrected chi connectivity index (χ2v) is 4.43. The molecule has 0 radical (unpaired) electrons. The number of amides is 1. The van der Waals surface area contributed by atoms with Crippen LogP contribution in [0.25, 0.3) is 0 Å².